The van der Waals surface area contributed by atoms with Crippen molar-refractivity contribution in [3.8, 4) is 23.0 Å². The smallest absolute Gasteiger partial charge is 0.266 e. The second-order valence-corrected chi connectivity index (χ2v) is 6.83. The van der Waals surface area contributed by atoms with Gasteiger partial charge in [0, 0.05) is 35.4 Å². The number of carbonyl (C=O) groups is 1. The van der Waals surface area contributed by atoms with Gasteiger partial charge in [-0.25, -0.2) is 9.38 Å². The van der Waals surface area contributed by atoms with Crippen molar-refractivity contribution in [2.24, 2.45) is 10.7 Å². The number of amides is 1. The first-order chi connectivity index (χ1) is 11.9. The van der Waals surface area contributed by atoms with Crippen LogP contribution in [0.5, 0.6) is 0 Å². The van der Waals surface area contributed by atoms with Crippen LogP contribution in [0.2, 0.25) is 0 Å². The molecule has 0 saturated carbocycles. The second kappa shape index (κ2) is 6.30. The van der Waals surface area contributed by atoms with Gasteiger partial charge in [0.25, 0.3) is 5.91 Å². The molecule has 7 heteroatoms. The summed E-state index contributed by atoms with van der Waals surface area (Å²) in [6.07, 6.45) is 1.62. The summed E-state index contributed by atoms with van der Waals surface area (Å²) < 4.78 is 14.7. The number of pyridine rings is 1. The summed E-state index contributed by atoms with van der Waals surface area (Å²) in [5.41, 5.74) is 7.01. The Hall–Kier alpha value is -2.72. The number of nitrogens with zero attached hydrogens (tertiary/aromatic N) is 3. The number of guanidine groups is 1. The van der Waals surface area contributed by atoms with Crippen molar-refractivity contribution in [3.63, 3.8) is 0 Å². The molecule has 2 atom stereocenters. The quantitative estimate of drug-likeness (QED) is 0.841. The van der Waals surface area contributed by atoms with Crippen LogP contribution in [0.15, 0.2) is 34.9 Å². The average molecular weight is 356 g/mol. The van der Waals surface area contributed by atoms with E-state index in [0.29, 0.717) is 4.88 Å². The normalized spacial score (nSPS) is 23.0. The van der Waals surface area contributed by atoms with E-state index in [1.165, 1.54) is 18.4 Å². The van der Waals surface area contributed by atoms with E-state index in [1.54, 1.807) is 26.2 Å². The molecule has 2 N–H and O–H groups in total. The molecular weight excluding hydrogens is 339 g/mol. The Bertz CT molecular complexity index is 926. The summed E-state index contributed by atoms with van der Waals surface area (Å²) in [6, 6.07) is 3.74. The Morgan fingerprint density at radius 1 is 1.36 bits per heavy atom. The number of carbonyl (C=O) groups excluding carboxylic acids is 1. The maximum absolute atomic E-state index is 14.7. The fourth-order valence-electron chi connectivity index (χ4n) is 2.64. The van der Waals surface area contributed by atoms with Crippen molar-refractivity contribution in [1.29, 1.82) is 0 Å². The Labute approximate surface area is 149 Å². The van der Waals surface area contributed by atoms with Crippen molar-refractivity contribution in [2.45, 2.75) is 25.6 Å². The molecule has 128 valence electrons. The van der Waals surface area contributed by atoms with Crippen molar-refractivity contribution in [3.05, 3.63) is 40.3 Å². The van der Waals surface area contributed by atoms with Crippen LogP contribution < -0.4 is 5.73 Å². The Morgan fingerprint density at radius 3 is 2.84 bits per heavy atom. The van der Waals surface area contributed by atoms with Gasteiger partial charge in [-0.15, -0.1) is 17.3 Å². The predicted octanol–water partition coefficient (Wildman–Crippen LogP) is 2.52. The van der Waals surface area contributed by atoms with Gasteiger partial charge in [0.1, 0.15) is 5.54 Å². The number of aromatic nitrogens is 1. The van der Waals surface area contributed by atoms with Crippen molar-refractivity contribution >= 4 is 23.2 Å². The van der Waals surface area contributed by atoms with Gasteiger partial charge in [0.2, 0.25) is 6.17 Å². The first-order valence-electron chi connectivity index (χ1n) is 7.61. The van der Waals surface area contributed by atoms with E-state index in [1.807, 2.05) is 17.5 Å². The Kier molecular flexibility index (Phi) is 4.31. The Morgan fingerprint density at radius 2 is 2.12 bits per heavy atom. The van der Waals surface area contributed by atoms with E-state index >= 15 is 0 Å². The fourth-order valence-corrected chi connectivity index (χ4v) is 3.68. The molecule has 0 saturated heterocycles. The van der Waals surface area contributed by atoms with Crippen LogP contribution in [0.25, 0.3) is 11.1 Å². The van der Waals surface area contributed by atoms with Gasteiger partial charge < -0.3 is 5.73 Å². The van der Waals surface area contributed by atoms with Crippen LogP contribution in [0.4, 0.5) is 4.39 Å². The number of rotatable bonds is 2. The first kappa shape index (κ1) is 17.1. The topological polar surface area (TPSA) is 71.6 Å². The third-order valence-corrected chi connectivity index (χ3v) is 5.33. The molecule has 0 bridgehead atoms. The standard InChI is InChI=1S/C18H17FN4OS/c1-4-5-11-6-12(9-21-8-11)13-7-14(25-10-13)18(2)15(19)16(24)23(3)17(20)22-18/h6-10,15H,1-3H3,(H2,20,22)/t15-,18+/m0/s1. The lowest BCUT2D eigenvalue weighted by molar-refractivity contribution is -0.135. The minimum atomic E-state index is -1.79. The first-order valence-corrected chi connectivity index (χ1v) is 8.49. The van der Waals surface area contributed by atoms with Gasteiger partial charge in [-0.1, -0.05) is 5.92 Å². The summed E-state index contributed by atoms with van der Waals surface area (Å²) in [7, 11) is 1.42. The molecule has 25 heavy (non-hydrogen) atoms. The molecule has 3 rings (SSSR count). The maximum Gasteiger partial charge on any atom is 0.266 e. The number of thiophene rings is 1. The van der Waals surface area contributed by atoms with E-state index in [9.17, 15) is 9.18 Å². The van der Waals surface area contributed by atoms with E-state index in [4.69, 9.17) is 5.73 Å². The molecule has 2 aromatic rings. The maximum atomic E-state index is 14.7. The highest BCUT2D eigenvalue weighted by Gasteiger charge is 2.47. The van der Waals surface area contributed by atoms with Gasteiger partial charge in [-0.2, -0.15) is 0 Å². The fraction of sp³-hybridized carbons (Fsp3) is 0.278. The zero-order valence-electron chi connectivity index (χ0n) is 14.1. The van der Waals surface area contributed by atoms with Crippen LogP contribution in [0.1, 0.15) is 24.3 Å². The molecule has 0 fully saturated rings. The molecule has 0 aliphatic carbocycles. The van der Waals surface area contributed by atoms with Gasteiger partial charge in [0.05, 0.1) is 0 Å². The number of halogens is 1. The minimum Gasteiger partial charge on any atom is -0.369 e. The summed E-state index contributed by atoms with van der Waals surface area (Å²) in [5.74, 6) is 5.12. The van der Waals surface area contributed by atoms with Crippen LogP contribution in [0.3, 0.4) is 0 Å². The van der Waals surface area contributed by atoms with E-state index in [-0.39, 0.29) is 5.96 Å². The van der Waals surface area contributed by atoms with Crippen molar-refractivity contribution in [2.75, 3.05) is 7.05 Å². The van der Waals surface area contributed by atoms with Gasteiger partial charge >= 0.3 is 0 Å². The monoisotopic (exact) mass is 356 g/mol. The molecule has 2 aromatic heterocycles. The third kappa shape index (κ3) is 2.89. The van der Waals surface area contributed by atoms with Crippen LogP contribution in [0, 0.1) is 11.8 Å². The summed E-state index contributed by atoms with van der Waals surface area (Å²) >= 11 is 1.34. The largest absolute Gasteiger partial charge is 0.369 e. The average Bonchev–Trinajstić information content (AvgIpc) is 3.10. The number of nitrogens with two attached hydrogens (primary N) is 1. The number of aliphatic imine (C=N–C) groups is 1. The summed E-state index contributed by atoms with van der Waals surface area (Å²) in [6.45, 7) is 3.35. The lowest BCUT2D eigenvalue weighted by atomic mass is 9.91. The highest BCUT2D eigenvalue weighted by atomic mass is 32.1. The second-order valence-electron chi connectivity index (χ2n) is 5.91. The molecule has 1 aliphatic heterocycles. The highest BCUT2D eigenvalue weighted by Crippen LogP contribution is 2.40. The SMILES string of the molecule is CC#Cc1cncc(-c2csc([C@@]3(C)N=C(N)N(C)C(=O)[C@@H]3F)c2)c1. The van der Waals surface area contributed by atoms with E-state index in [0.717, 1.165) is 21.6 Å². The zero-order chi connectivity index (χ0) is 18.2. The van der Waals surface area contributed by atoms with E-state index in [2.05, 4.69) is 21.8 Å². The lowest BCUT2D eigenvalue weighted by Gasteiger charge is -2.35. The number of alkyl halides is 1. The molecular formula is C18H17FN4OS. The van der Waals surface area contributed by atoms with Gasteiger partial charge in [0.15, 0.2) is 5.96 Å². The number of hydrogen-bond acceptors (Lipinski definition) is 5. The molecule has 0 unspecified atom stereocenters. The van der Waals surface area contributed by atoms with Crippen molar-refractivity contribution in [1.82, 2.24) is 9.88 Å². The zero-order valence-corrected chi connectivity index (χ0v) is 14.9. The molecule has 5 nitrogen and oxygen atoms in total. The third-order valence-electron chi connectivity index (χ3n) is 4.17. The summed E-state index contributed by atoms with van der Waals surface area (Å²) in [4.78, 5) is 22.2. The van der Waals surface area contributed by atoms with Crippen molar-refractivity contribution < 1.29 is 9.18 Å². The molecule has 0 aromatic carbocycles. The predicted molar refractivity (Wildman–Crippen MR) is 96.7 cm³/mol. The molecule has 0 spiro atoms. The summed E-state index contributed by atoms with van der Waals surface area (Å²) in [5, 5.41) is 1.89. The Balaban J connectivity index is 2.02. The molecule has 1 amide bonds. The highest BCUT2D eigenvalue weighted by molar-refractivity contribution is 7.10. The lowest BCUT2D eigenvalue weighted by Crippen LogP contribution is -2.54. The molecule has 1 aliphatic rings. The number of hydrogen-bond donors (Lipinski definition) is 1. The van der Waals surface area contributed by atoms with Crippen LogP contribution >= 0.6 is 11.3 Å². The van der Waals surface area contributed by atoms with E-state index < -0.39 is 17.6 Å². The molecule has 0 radical (unpaired) electrons. The van der Waals surface area contributed by atoms with Gasteiger partial charge in [-0.05, 0) is 36.9 Å². The van der Waals surface area contributed by atoms with Crippen LogP contribution in [-0.2, 0) is 10.3 Å². The van der Waals surface area contributed by atoms with Gasteiger partial charge in [-0.3, -0.25) is 14.7 Å². The molecule has 3 heterocycles. The minimum absolute atomic E-state index is 0.0123. The van der Waals surface area contributed by atoms with Crippen LogP contribution in [-0.4, -0.2) is 35.0 Å².